The number of hydrogen-bond donors (Lipinski definition) is 3. The van der Waals surface area contributed by atoms with Crippen LogP contribution in [0.1, 0.15) is 32.3 Å². The SMILES string of the molecule is CCOc1ccc(Nc2ncnc(NN)c2C(C)C)cc1. The van der Waals surface area contributed by atoms with Crippen LogP contribution in [0.5, 0.6) is 5.75 Å². The molecule has 0 saturated carbocycles. The molecule has 2 rings (SSSR count). The largest absolute Gasteiger partial charge is 0.494 e. The lowest BCUT2D eigenvalue weighted by Gasteiger charge is -2.16. The molecule has 0 aliphatic heterocycles. The Balaban J connectivity index is 2.26. The van der Waals surface area contributed by atoms with Crippen molar-refractivity contribution in [3.05, 3.63) is 36.2 Å². The van der Waals surface area contributed by atoms with Gasteiger partial charge in [-0.25, -0.2) is 15.8 Å². The summed E-state index contributed by atoms with van der Waals surface area (Å²) in [4.78, 5) is 8.47. The van der Waals surface area contributed by atoms with E-state index in [1.165, 1.54) is 6.33 Å². The minimum absolute atomic E-state index is 0.238. The summed E-state index contributed by atoms with van der Waals surface area (Å²) in [5.41, 5.74) is 4.50. The second-order valence-corrected chi connectivity index (χ2v) is 4.87. The zero-order chi connectivity index (χ0) is 15.2. The van der Waals surface area contributed by atoms with E-state index < -0.39 is 0 Å². The van der Waals surface area contributed by atoms with E-state index in [0.29, 0.717) is 12.4 Å². The number of aromatic nitrogens is 2. The van der Waals surface area contributed by atoms with Crippen molar-refractivity contribution in [2.24, 2.45) is 5.84 Å². The molecule has 0 unspecified atom stereocenters. The number of hydrazine groups is 1. The highest BCUT2D eigenvalue weighted by atomic mass is 16.5. The third-order valence-corrected chi connectivity index (χ3v) is 3.03. The molecule has 0 aliphatic rings. The molecule has 0 amide bonds. The van der Waals surface area contributed by atoms with Crippen molar-refractivity contribution in [1.29, 1.82) is 0 Å². The fourth-order valence-corrected chi connectivity index (χ4v) is 2.09. The van der Waals surface area contributed by atoms with Gasteiger partial charge in [-0.05, 0) is 37.1 Å². The quantitative estimate of drug-likeness (QED) is 0.559. The first-order valence-electron chi connectivity index (χ1n) is 6.97. The molecule has 0 saturated heterocycles. The summed E-state index contributed by atoms with van der Waals surface area (Å²) in [6.07, 6.45) is 1.48. The molecule has 1 heterocycles. The predicted octanol–water partition coefficient (Wildman–Crippen LogP) is 3.03. The summed E-state index contributed by atoms with van der Waals surface area (Å²) in [7, 11) is 0. The van der Waals surface area contributed by atoms with E-state index >= 15 is 0 Å². The summed E-state index contributed by atoms with van der Waals surface area (Å²) in [6, 6.07) is 7.74. The summed E-state index contributed by atoms with van der Waals surface area (Å²) < 4.78 is 5.43. The molecule has 0 fully saturated rings. The molecular weight excluding hydrogens is 266 g/mol. The van der Waals surface area contributed by atoms with Crippen LogP contribution >= 0.6 is 0 Å². The van der Waals surface area contributed by atoms with Gasteiger partial charge >= 0.3 is 0 Å². The van der Waals surface area contributed by atoms with Crippen molar-refractivity contribution in [3.63, 3.8) is 0 Å². The second-order valence-electron chi connectivity index (χ2n) is 4.87. The Hall–Kier alpha value is -2.34. The first kappa shape index (κ1) is 15.1. The third-order valence-electron chi connectivity index (χ3n) is 3.03. The normalized spacial score (nSPS) is 10.5. The average molecular weight is 287 g/mol. The molecule has 6 nitrogen and oxygen atoms in total. The van der Waals surface area contributed by atoms with E-state index in [1.807, 2.05) is 31.2 Å². The van der Waals surface area contributed by atoms with Crippen LogP contribution < -0.4 is 21.3 Å². The number of nitrogens with one attached hydrogen (secondary N) is 2. The van der Waals surface area contributed by atoms with Crippen molar-refractivity contribution in [3.8, 4) is 5.75 Å². The van der Waals surface area contributed by atoms with E-state index in [2.05, 4.69) is 34.6 Å². The lowest BCUT2D eigenvalue weighted by atomic mass is 10.0. The molecule has 21 heavy (non-hydrogen) atoms. The van der Waals surface area contributed by atoms with Crippen molar-refractivity contribution >= 4 is 17.3 Å². The van der Waals surface area contributed by atoms with Gasteiger partial charge in [0.05, 0.1) is 6.61 Å². The number of hydrogen-bond acceptors (Lipinski definition) is 6. The van der Waals surface area contributed by atoms with Crippen LogP contribution in [0.25, 0.3) is 0 Å². The Kier molecular flexibility index (Phi) is 4.94. The fourth-order valence-electron chi connectivity index (χ4n) is 2.09. The van der Waals surface area contributed by atoms with E-state index in [4.69, 9.17) is 10.6 Å². The van der Waals surface area contributed by atoms with Gasteiger partial charge < -0.3 is 15.5 Å². The molecular formula is C15H21N5O. The van der Waals surface area contributed by atoms with Gasteiger partial charge in [0.1, 0.15) is 23.7 Å². The molecule has 112 valence electrons. The summed E-state index contributed by atoms with van der Waals surface area (Å²) >= 11 is 0. The van der Waals surface area contributed by atoms with Crippen molar-refractivity contribution in [1.82, 2.24) is 9.97 Å². The highest BCUT2D eigenvalue weighted by Gasteiger charge is 2.14. The van der Waals surface area contributed by atoms with Crippen LogP contribution in [0.3, 0.4) is 0 Å². The van der Waals surface area contributed by atoms with Gasteiger partial charge in [-0.2, -0.15) is 0 Å². The fraction of sp³-hybridized carbons (Fsp3) is 0.333. The van der Waals surface area contributed by atoms with E-state index in [-0.39, 0.29) is 5.92 Å². The smallest absolute Gasteiger partial charge is 0.148 e. The Bertz CT molecular complexity index is 583. The van der Waals surface area contributed by atoms with Gasteiger partial charge in [0.2, 0.25) is 0 Å². The van der Waals surface area contributed by atoms with Crippen LogP contribution in [0.4, 0.5) is 17.3 Å². The Morgan fingerprint density at radius 2 is 1.81 bits per heavy atom. The van der Waals surface area contributed by atoms with E-state index in [0.717, 1.165) is 22.8 Å². The number of ether oxygens (including phenoxy) is 1. The number of nitrogens with zero attached hydrogens (tertiary/aromatic N) is 2. The van der Waals surface area contributed by atoms with E-state index in [9.17, 15) is 0 Å². The first-order valence-corrected chi connectivity index (χ1v) is 6.97. The minimum Gasteiger partial charge on any atom is -0.494 e. The molecule has 1 aromatic carbocycles. The van der Waals surface area contributed by atoms with Gasteiger partial charge in [-0.1, -0.05) is 13.8 Å². The average Bonchev–Trinajstić information content (AvgIpc) is 2.49. The maximum atomic E-state index is 5.52. The standard InChI is InChI=1S/C15H21N5O/c1-4-21-12-7-5-11(6-8-12)19-14-13(10(2)3)15(20-16)18-9-17-14/h5-10H,4,16H2,1-3H3,(H2,17,18,19,20). The van der Waals surface area contributed by atoms with Gasteiger partial charge in [0.25, 0.3) is 0 Å². The highest BCUT2D eigenvalue weighted by Crippen LogP contribution is 2.30. The maximum absolute atomic E-state index is 5.52. The minimum atomic E-state index is 0.238. The Labute approximate surface area is 124 Å². The monoisotopic (exact) mass is 287 g/mol. The molecule has 0 bridgehead atoms. The van der Waals surface area contributed by atoms with Gasteiger partial charge in [0, 0.05) is 11.3 Å². The van der Waals surface area contributed by atoms with Crippen LogP contribution in [-0.4, -0.2) is 16.6 Å². The third kappa shape index (κ3) is 3.61. The lowest BCUT2D eigenvalue weighted by Crippen LogP contribution is -2.14. The van der Waals surface area contributed by atoms with Crippen LogP contribution in [0.15, 0.2) is 30.6 Å². The molecule has 0 spiro atoms. The Morgan fingerprint density at radius 3 is 2.38 bits per heavy atom. The lowest BCUT2D eigenvalue weighted by molar-refractivity contribution is 0.340. The van der Waals surface area contributed by atoms with Crippen LogP contribution in [0.2, 0.25) is 0 Å². The highest BCUT2D eigenvalue weighted by molar-refractivity contribution is 5.65. The van der Waals surface area contributed by atoms with E-state index in [1.54, 1.807) is 0 Å². The zero-order valence-electron chi connectivity index (χ0n) is 12.6. The topological polar surface area (TPSA) is 85.1 Å². The molecule has 1 aromatic heterocycles. The molecule has 0 radical (unpaired) electrons. The summed E-state index contributed by atoms with van der Waals surface area (Å²) in [5.74, 6) is 7.98. The number of rotatable bonds is 6. The van der Waals surface area contributed by atoms with Gasteiger partial charge in [-0.3, -0.25) is 0 Å². The van der Waals surface area contributed by atoms with Crippen molar-refractivity contribution in [2.45, 2.75) is 26.7 Å². The number of nitrogens with two attached hydrogens (primary N) is 1. The van der Waals surface area contributed by atoms with Crippen LogP contribution in [0, 0.1) is 0 Å². The summed E-state index contributed by atoms with van der Waals surface area (Å²) in [5, 5.41) is 3.30. The van der Waals surface area contributed by atoms with Gasteiger partial charge in [0.15, 0.2) is 0 Å². The molecule has 6 heteroatoms. The molecule has 2 aromatic rings. The van der Waals surface area contributed by atoms with Crippen molar-refractivity contribution < 1.29 is 4.74 Å². The number of nitrogen functional groups attached to an aromatic ring is 1. The molecule has 0 aliphatic carbocycles. The Morgan fingerprint density at radius 1 is 1.14 bits per heavy atom. The first-order chi connectivity index (χ1) is 10.2. The van der Waals surface area contributed by atoms with Crippen molar-refractivity contribution in [2.75, 3.05) is 17.3 Å². The molecule has 0 atom stereocenters. The predicted molar refractivity (Wildman–Crippen MR) is 84.8 cm³/mol. The summed E-state index contributed by atoms with van der Waals surface area (Å²) in [6.45, 7) is 6.76. The van der Waals surface area contributed by atoms with Gasteiger partial charge in [-0.15, -0.1) is 0 Å². The molecule has 4 N–H and O–H groups in total. The zero-order valence-corrected chi connectivity index (χ0v) is 12.6. The second kappa shape index (κ2) is 6.90. The maximum Gasteiger partial charge on any atom is 0.148 e. The number of benzene rings is 1. The number of anilines is 3. The van der Waals surface area contributed by atoms with Crippen LogP contribution in [-0.2, 0) is 0 Å².